The second kappa shape index (κ2) is 3.86. The van der Waals surface area contributed by atoms with Crippen LogP contribution < -0.4 is 10.1 Å². The number of ether oxygens (including phenoxy) is 1. The molecule has 0 unspecified atom stereocenters. The van der Waals surface area contributed by atoms with E-state index in [2.05, 4.69) is 5.32 Å². The van der Waals surface area contributed by atoms with Crippen LogP contribution in [0.2, 0.25) is 0 Å². The van der Waals surface area contributed by atoms with Crippen LogP contribution >= 0.6 is 0 Å². The molecule has 0 atom stereocenters. The van der Waals surface area contributed by atoms with Gasteiger partial charge in [-0.15, -0.1) is 0 Å². The lowest BCUT2D eigenvalue weighted by molar-refractivity contribution is -0.386. The molecule has 1 aliphatic rings. The quantitative estimate of drug-likeness (QED) is 0.586. The van der Waals surface area contributed by atoms with Crippen molar-refractivity contribution in [1.29, 1.82) is 0 Å². The summed E-state index contributed by atoms with van der Waals surface area (Å²) in [7, 11) is 1.45. The predicted molar refractivity (Wildman–Crippen MR) is 55.1 cm³/mol. The summed E-state index contributed by atoms with van der Waals surface area (Å²) in [6, 6.07) is 3.57. The maximum Gasteiger partial charge on any atom is 0.315 e. The first-order chi connectivity index (χ1) is 7.24. The van der Waals surface area contributed by atoms with Gasteiger partial charge in [-0.05, 0) is 24.6 Å². The van der Waals surface area contributed by atoms with Crippen LogP contribution in [0.3, 0.4) is 0 Å². The van der Waals surface area contributed by atoms with Crippen LogP contribution in [0, 0.1) is 10.1 Å². The second-order valence-electron chi connectivity index (χ2n) is 3.44. The number of rotatable bonds is 2. The highest BCUT2D eigenvalue weighted by molar-refractivity contribution is 5.56. The van der Waals surface area contributed by atoms with Crippen LogP contribution in [0.25, 0.3) is 0 Å². The number of nitro groups is 1. The van der Waals surface area contributed by atoms with Crippen LogP contribution in [0.5, 0.6) is 5.75 Å². The van der Waals surface area contributed by atoms with Crippen molar-refractivity contribution in [3.05, 3.63) is 33.4 Å². The zero-order valence-corrected chi connectivity index (χ0v) is 8.45. The largest absolute Gasteiger partial charge is 0.490 e. The summed E-state index contributed by atoms with van der Waals surface area (Å²) in [6.07, 6.45) is 0.833. The number of nitrogens with one attached hydrogen (secondary N) is 1. The Hall–Kier alpha value is -1.62. The van der Waals surface area contributed by atoms with Crippen molar-refractivity contribution in [2.75, 3.05) is 13.7 Å². The molecule has 0 fully saturated rings. The van der Waals surface area contributed by atoms with E-state index in [4.69, 9.17) is 4.74 Å². The number of hydrogen-bond donors (Lipinski definition) is 1. The van der Waals surface area contributed by atoms with Crippen molar-refractivity contribution in [2.45, 2.75) is 13.0 Å². The summed E-state index contributed by atoms with van der Waals surface area (Å²) in [6.45, 7) is 1.42. The van der Waals surface area contributed by atoms with E-state index in [0.717, 1.165) is 24.1 Å². The third-order valence-electron chi connectivity index (χ3n) is 2.62. The number of methoxy groups -OCH3 is 1. The molecule has 2 rings (SSSR count). The molecule has 0 aliphatic carbocycles. The maximum atomic E-state index is 11.0. The third kappa shape index (κ3) is 1.66. The molecule has 5 heteroatoms. The molecule has 1 N–H and O–H groups in total. The molecular weight excluding hydrogens is 196 g/mol. The standard InChI is InChI=1S/C10H12N2O3/c1-15-9-3-2-7-4-5-11-6-8(7)10(9)12(13)14/h2-3,11H,4-6H2,1H3. The average Bonchev–Trinajstić information content (AvgIpc) is 2.27. The smallest absolute Gasteiger partial charge is 0.315 e. The maximum absolute atomic E-state index is 11.0. The van der Waals surface area contributed by atoms with Crippen molar-refractivity contribution in [1.82, 2.24) is 5.32 Å². The van der Waals surface area contributed by atoms with Gasteiger partial charge in [0, 0.05) is 6.54 Å². The van der Waals surface area contributed by atoms with E-state index < -0.39 is 0 Å². The van der Waals surface area contributed by atoms with Gasteiger partial charge in [0.2, 0.25) is 0 Å². The van der Waals surface area contributed by atoms with Gasteiger partial charge in [0.1, 0.15) is 0 Å². The molecule has 0 aromatic heterocycles. The molecule has 0 spiro atoms. The number of benzene rings is 1. The number of nitrogens with zero attached hydrogens (tertiary/aromatic N) is 1. The topological polar surface area (TPSA) is 64.4 Å². The Kier molecular flexibility index (Phi) is 2.55. The van der Waals surface area contributed by atoms with Crippen LogP contribution in [-0.2, 0) is 13.0 Å². The van der Waals surface area contributed by atoms with Crippen molar-refractivity contribution in [2.24, 2.45) is 0 Å². The normalized spacial score (nSPS) is 14.5. The Labute approximate surface area is 87.2 Å². The summed E-state index contributed by atoms with van der Waals surface area (Å²) in [5.41, 5.74) is 1.90. The Balaban J connectivity index is 2.59. The highest BCUT2D eigenvalue weighted by atomic mass is 16.6. The molecule has 0 radical (unpaired) electrons. The molecule has 1 aromatic rings. The fourth-order valence-corrected chi connectivity index (χ4v) is 1.89. The minimum Gasteiger partial charge on any atom is -0.490 e. The fraction of sp³-hybridized carbons (Fsp3) is 0.400. The summed E-state index contributed by atoms with van der Waals surface area (Å²) in [5, 5.41) is 14.1. The highest BCUT2D eigenvalue weighted by Crippen LogP contribution is 2.34. The van der Waals surface area contributed by atoms with Gasteiger partial charge in [-0.2, -0.15) is 0 Å². The Morgan fingerprint density at radius 2 is 2.33 bits per heavy atom. The van der Waals surface area contributed by atoms with Gasteiger partial charge < -0.3 is 10.1 Å². The molecular formula is C10H12N2O3. The molecule has 0 bridgehead atoms. The Morgan fingerprint density at radius 3 is 3.00 bits per heavy atom. The van der Waals surface area contributed by atoms with E-state index in [9.17, 15) is 10.1 Å². The lowest BCUT2D eigenvalue weighted by atomic mass is 9.99. The van der Waals surface area contributed by atoms with E-state index in [1.165, 1.54) is 7.11 Å². The summed E-state index contributed by atoms with van der Waals surface area (Å²) >= 11 is 0. The van der Waals surface area contributed by atoms with Crippen LogP contribution in [0.15, 0.2) is 12.1 Å². The molecule has 1 aliphatic heterocycles. The lowest BCUT2D eigenvalue weighted by Gasteiger charge is -2.17. The lowest BCUT2D eigenvalue weighted by Crippen LogP contribution is -2.24. The van der Waals surface area contributed by atoms with Gasteiger partial charge in [-0.25, -0.2) is 0 Å². The van der Waals surface area contributed by atoms with Gasteiger partial charge in [0.25, 0.3) is 0 Å². The second-order valence-corrected chi connectivity index (χ2v) is 3.44. The van der Waals surface area contributed by atoms with E-state index >= 15 is 0 Å². The third-order valence-corrected chi connectivity index (χ3v) is 2.62. The summed E-state index contributed by atoms with van der Waals surface area (Å²) < 4.78 is 5.00. The van der Waals surface area contributed by atoms with E-state index in [-0.39, 0.29) is 10.6 Å². The molecule has 0 saturated carbocycles. The van der Waals surface area contributed by atoms with E-state index in [1.54, 1.807) is 6.07 Å². The number of nitro benzene ring substituents is 1. The molecule has 15 heavy (non-hydrogen) atoms. The van der Waals surface area contributed by atoms with Gasteiger partial charge >= 0.3 is 5.69 Å². The van der Waals surface area contributed by atoms with Gasteiger partial charge in [0.15, 0.2) is 5.75 Å². The first kappa shape index (κ1) is 9.92. The van der Waals surface area contributed by atoms with Crippen LogP contribution in [0.4, 0.5) is 5.69 Å². The Morgan fingerprint density at radius 1 is 1.53 bits per heavy atom. The number of hydrogen-bond acceptors (Lipinski definition) is 4. The van der Waals surface area contributed by atoms with Gasteiger partial charge in [0.05, 0.1) is 17.6 Å². The first-order valence-corrected chi connectivity index (χ1v) is 4.78. The molecule has 80 valence electrons. The minimum atomic E-state index is -0.370. The van der Waals surface area contributed by atoms with Gasteiger partial charge in [-0.3, -0.25) is 10.1 Å². The predicted octanol–water partition coefficient (Wildman–Crippen LogP) is 1.25. The molecule has 5 nitrogen and oxygen atoms in total. The molecule has 1 aromatic carbocycles. The number of fused-ring (bicyclic) bond motifs is 1. The van der Waals surface area contributed by atoms with E-state index in [0.29, 0.717) is 12.3 Å². The fourth-order valence-electron chi connectivity index (χ4n) is 1.89. The minimum absolute atomic E-state index is 0.0993. The van der Waals surface area contributed by atoms with Gasteiger partial charge in [-0.1, -0.05) is 6.07 Å². The van der Waals surface area contributed by atoms with Crippen molar-refractivity contribution in [3.63, 3.8) is 0 Å². The molecule has 0 amide bonds. The van der Waals surface area contributed by atoms with Crippen molar-refractivity contribution < 1.29 is 9.66 Å². The summed E-state index contributed by atoms with van der Waals surface area (Å²) in [4.78, 5) is 10.6. The zero-order chi connectivity index (χ0) is 10.8. The molecule has 1 heterocycles. The van der Waals surface area contributed by atoms with Crippen LogP contribution in [-0.4, -0.2) is 18.6 Å². The van der Waals surface area contributed by atoms with Crippen LogP contribution in [0.1, 0.15) is 11.1 Å². The van der Waals surface area contributed by atoms with E-state index in [1.807, 2.05) is 6.07 Å². The Bertz CT molecular complexity index is 404. The van der Waals surface area contributed by atoms with Crippen molar-refractivity contribution >= 4 is 5.69 Å². The zero-order valence-electron chi connectivity index (χ0n) is 8.45. The molecule has 0 saturated heterocycles. The highest BCUT2D eigenvalue weighted by Gasteiger charge is 2.25. The summed E-state index contributed by atoms with van der Waals surface area (Å²) in [5.74, 6) is 0.336. The SMILES string of the molecule is COc1ccc2c(c1[N+](=O)[O-])CNCC2. The first-order valence-electron chi connectivity index (χ1n) is 4.78. The average molecular weight is 208 g/mol. The monoisotopic (exact) mass is 208 g/mol. The van der Waals surface area contributed by atoms with Crippen molar-refractivity contribution in [3.8, 4) is 5.75 Å².